The van der Waals surface area contributed by atoms with E-state index < -0.39 is 0 Å². The second-order valence-corrected chi connectivity index (χ2v) is 3.68. The van der Waals surface area contributed by atoms with E-state index >= 15 is 0 Å². The van der Waals surface area contributed by atoms with Crippen LogP contribution in [-0.2, 0) is 0 Å². The summed E-state index contributed by atoms with van der Waals surface area (Å²) in [4.78, 5) is 16.1. The highest BCUT2D eigenvalue weighted by atomic mass is 16.5. The van der Waals surface area contributed by atoms with Gasteiger partial charge in [-0.2, -0.15) is 0 Å². The van der Waals surface area contributed by atoms with Crippen molar-refractivity contribution in [2.45, 2.75) is 6.92 Å². The van der Waals surface area contributed by atoms with Crippen LogP contribution in [0.3, 0.4) is 0 Å². The Morgan fingerprint density at radius 2 is 2.06 bits per heavy atom. The molecule has 2 rings (SSSR count). The van der Waals surface area contributed by atoms with Crippen molar-refractivity contribution in [3.63, 3.8) is 0 Å². The minimum Gasteiger partial charge on any atom is -0.480 e. The monoisotopic (exact) mass is 244 g/mol. The van der Waals surface area contributed by atoms with E-state index in [9.17, 15) is 4.79 Å². The lowest BCUT2D eigenvalue weighted by atomic mass is 10.0. The second kappa shape index (κ2) is 4.79. The summed E-state index contributed by atoms with van der Waals surface area (Å²) in [5.74, 6) is 0.244. The minimum atomic E-state index is -0.298. The van der Waals surface area contributed by atoms with Gasteiger partial charge >= 0.3 is 0 Å². The fraction of sp³-hybridized carbons (Fsp3) is 0.167. The number of carbonyl (C=O) groups is 1. The number of rotatable bonds is 3. The van der Waals surface area contributed by atoms with Gasteiger partial charge in [-0.05, 0) is 24.6 Å². The van der Waals surface area contributed by atoms with Crippen LogP contribution in [0.1, 0.15) is 21.6 Å². The summed E-state index contributed by atoms with van der Waals surface area (Å²) < 4.78 is 4.88. The van der Waals surface area contributed by atoms with Crippen LogP contribution in [0.4, 0.5) is 5.82 Å². The van der Waals surface area contributed by atoms with E-state index in [-0.39, 0.29) is 17.3 Å². The highest BCUT2D eigenvalue weighted by Gasteiger charge is 2.17. The van der Waals surface area contributed by atoms with Crippen LogP contribution in [-0.4, -0.2) is 28.1 Å². The van der Waals surface area contributed by atoms with E-state index in [1.807, 2.05) is 0 Å². The van der Waals surface area contributed by atoms with Gasteiger partial charge in [0.2, 0.25) is 11.7 Å². The van der Waals surface area contributed by atoms with E-state index in [0.29, 0.717) is 11.4 Å². The van der Waals surface area contributed by atoms with Crippen LogP contribution >= 0.6 is 0 Å². The third-order valence-electron chi connectivity index (χ3n) is 2.50. The maximum atomic E-state index is 12.2. The molecule has 0 saturated carbocycles. The van der Waals surface area contributed by atoms with Gasteiger partial charge in [-0.25, -0.2) is 4.98 Å². The van der Waals surface area contributed by atoms with E-state index in [1.165, 1.54) is 7.11 Å². The van der Waals surface area contributed by atoms with Gasteiger partial charge in [0.25, 0.3) is 0 Å². The Balaban J connectivity index is 2.41. The first-order valence-corrected chi connectivity index (χ1v) is 5.27. The van der Waals surface area contributed by atoms with Crippen LogP contribution in [0.15, 0.2) is 24.4 Å². The Morgan fingerprint density at radius 1 is 1.28 bits per heavy atom. The highest BCUT2D eigenvalue weighted by molar-refractivity contribution is 6.11. The molecule has 6 nitrogen and oxygen atoms in total. The van der Waals surface area contributed by atoms with Crippen molar-refractivity contribution in [1.29, 1.82) is 0 Å². The maximum Gasteiger partial charge on any atom is 0.233 e. The van der Waals surface area contributed by atoms with Crippen molar-refractivity contribution in [1.82, 2.24) is 15.2 Å². The zero-order valence-electron chi connectivity index (χ0n) is 10.0. The number of aromatic nitrogens is 3. The number of hydrogen-bond donors (Lipinski definition) is 1. The van der Waals surface area contributed by atoms with Crippen LogP contribution in [0.5, 0.6) is 5.88 Å². The van der Waals surface area contributed by atoms with Crippen LogP contribution in [0, 0.1) is 6.92 Å². The molecule has 18 heavy (non-hydrogen) atoms. The molecule has 0 radical (unpaired) electrons. The first-order valence-electron chi connectivity index (χ1n) is 5.27. The number of ketones is 1. The van der Waals surface area contributed by atoms with Gasteiger partial charge in [0.05, 0.1) is 12.7 Å². The zero-order valence-corrected chi connectivity index (χ0v) is 10.0. The summed E-state index contributed by atoms with van der Waals surface area (Å²) in [7, 11) is 1.48. The number of aryl methyl sites for hydroxylation is 1. The summed E-state index contributed by atoms with van der Waals surface area (Å²) in [5, 5.41) is 7.55. The third-order valence-corrected chi connectivity index (χ3v) is 2.50. The minimum absolute atomic E-state index is 0.192. The van der Waals surface area contributed by atoms with Crippen LogP contribution < -0.4 is 10.5 Å². The lowest BCUT2D eigenvalue weighted by Gasteiger charge is -2.06. The van der Waals surface area contributed by atoms with E-state index in [2.05, 4.69) is 15.2 Å². The molecule has 0 unspecified atom stereocenters. The number of nitrogens with zero attached hydrogens (tertiary/aromatic N) is 3. The largest absolute Gasteiger partial charge is 0.480 e. The number of carbonyl (C=O) groups excluding carboxylic acids is 1. The first-order chi connectivity index (χ1) is 8.63. The molecule has 0 spiro atoms. The number of hydrogen-bond acceptors (Lipinski definition) is 6. The van der Waals surface area contributed by atoms with Crippen molar-refractivity contribution < 1.29 is 9.53 Å². The molecule has 0 bridgehead atoms. The predicted octanol–water partition coefficient (Wildman–Crippen LogP) is 1.00. The third kappa shape index (κ3) is 2.13. The molecule has 0 amide bonds. The van der Waals surface area contributed by atoms with Crippen molar-refractivity contribution >= 4 is 11.6 Å². The molecule has 6 heteroatoms. The lowest BCUT2D eigenvalue weighted by molar-refractivity contribution is 0.103. The molecule has 0 atom stereocenters. The topological polar surface area (TPSA) is 91.0 Å². The molecule has 0 aliphatic carbocycles. The Labute approximate surface area is 104 Å². The molecule has 0 aromatic carbocycles. The quantitative estimate of drug-likeness (QED) is 0.810. The fourth-order valence-corrected chi connectivity index (χ4v) is 1.55. The Hall–Kier alpha value is -2.50. The predicted molar refractivity (Wildman–Crippen MR) is 65.4 cm³/mol. The number of nitrogen functional groups attached to an aromatic ring is 1. The molecule has 2 aromatic heterocycles. The van der Waals surface area contributed by atoms with Gasteiger partial charge in [-0.15, -0.1) is 10.2 Å². The first kappa shape index (κ1) is 12.0. The van der Waals surface area contributed by atoms with Gasteiger partial charge in [-0.1, -0.05) is 0 Å². The summed E-state index contributed by atoms with van der Waals surface area (Å²) in [6, 6.07) is 4.84. The fourth-order valence-electron chi connectivity index (χ4n) is 1.55. The maximum absolute atomic E-state index is 12.2. The van der Waals surface area contributed by atoms with E-state index in [1.54, 1.807) is 31.3 Å². The van der Waals surface area contributed by atoms with E-state index in [0.717, 1.165) is 5.56 Å². The number of anilines is 1. The van der Waals surface area contributed by atoms with Gasteiger partial charge in [0.1, 0.15) is 11.5 Å². The average Bonchev–Trinajstić information content (AvgIpc) is 2.38. The molecule has 92 valence electrons. The van der Waals surface area contributed by atoms with Crippen molar-refractivity contribution in [3.05, 3.63) is 41.2 Å². The summed E-state index contributed by atoms with van der Waals surface area (Å²) >= 11 is 0. The summed E-state index contributed by atoms with van der Waals surface area (Å²) in [5.41, 5.74) is 7.03. The average molecular weight is 244 g/mol. The van der Waals surface area contributed by atoms with Crippen LogP contribution in [0.25, 0.3) is 0 Å². The van der Waals surface area contributed by atoms with Gasteiger partial charge < -0.3 is 10.5 Å². The molecular weight excluding hydrogens is 232 g/mol. The van der Waals surface area contributed by atoms with E-state index in [4.69, 9.17) is 10.5 Å². The zero-order chi connectivity index (χ0) is 13.1. The second-order valence-electron chi connectivity index (χ2n) is 3.68. The van der Waals surface area contributed by atoms with Gasteiger partial charge in [0, 0.05) is 12.3 Å². The molecule has 2 heterocycles. The normalized spacial score (nSPS) is 10.1. The SMILES string of the molecule is COc1ccc(C(=O)c2c(C)ccnc2N)nn1. The molecule has 0 aliphatic heterocycles. The molecule has 2 aromatic rings. The lowest BCUT2D eigenvalue weighted by Crippen LogP contribution is -2.11. The Bertz CT molecular complexity index is 561. The number of pyridine rings is 1. The molecule has 2 N–H and O–H groups in total. The van der Waals surface area contributed by atoms with Crippen molar-refractivity contribution in [2.75, 3.05) is 12.8 Å². The molecule has 0 saturated heterocycles. The molecule has 0 fully saturated rings. The van der Waals surface area contributed by atoms with Gasteiger partial charge in [-0.3, -0.25) is 4.79 Å². The summed E-state index contributed by atoms with van der Waals surface area (Å²) in [6.45, 7) is 1.79. The highest BCUT2D eigenvalue weighted by Crippen LogP contribution is 2.17. The van der Waals surface area contributed by atoms with Crippen LogP contribution in [0.2, 0.25) is 0 Å². The number of nitrogens with two attached hydrogens (primary N) is 1. The van der Waals surface area contributed by atoms with Gasteiger partial charge in [0.15, 0.2) is 0 Å². The van der Waals surface area contributed by atoms with Crippen molar-refractivity contribution in [3.8, 4) is 5.88 Å². The number of methoxy groups -OCH3 is 1. The molecule has 0 aliphatic rings. The number of ether oxygens (including phenoxy) is 1. The standard InChI is InChI=1S/C12H12N4O2/c1-7-5-6-14-12(13)10(7)11(17)8-3-4-9(18-2)16-15-8/h3-6H,1-2H3,(H2,13,14). The smallest absolute Gasteiger partial charge is 0.233 e. The Morgan fingerprint density at radius 3 is 2.61 bits per heavy atom. The van der Waals surface area contributed by atoms with Crippen molar-refractivity contribution in [2.24, 2.45) is 0 Å². The molecular formula is C12H12N4O2. The summed E-state index contributed by atoms with van der Waals surface area (Å²) in [6.07, 6.45) is 1.56. The Kier molecular flexibility index (Phi) is 3.18.